The van der Waals surface area contributed by atoms with E-state index < -0.39 is 0 Å². The Morgan fingerprint density at radius 1 is 1.08 bits per heavy atom. The Hall–Kier alpha value is -1.83. The second-order valence-corrected chi connectivity index (χ2v) is 6.61. The van der Waals surface area contributed by atoms with Crippen molar-refractivity contribution in [2.75, 3.05) is 39.0 Å². The highest BCUT2D eigenvalue weighted by atomic mass is 32.2. The zero-order chi connectivity index (χ0) is 19.2. The second kappa shape index (κ2) is 13.5. The molecule has 0 aromatic carbocycles. The molecule has 25 heavy (non-hydrogen) atoms. The average Bonchev–Trinajstić information content (AvgIpc) is 2.82. The molecule has 0 aliphatic carbocycles. The largest absolute Gasteiger partial charge is 0.368 e. The maximum Gasteiger partial charge on any atom is 0.0719 e. The van der Waals surface area contributed by atoms with Crippen molar-refractivity contribution >= 4 is 11.8 Å². The number of rotatable bonds is 2. The third kappa shape index (κ3) is 7.72. The van der Waals surface area contributed by atoms with Crippen LogP contribution in [0.2, 0.25) is 0 Å². The van der Waals surface area contributed by atoms with Crippen molar-refractivity contribution in [3.05, 3.63) is 60.1 Å². The number of piperazine rings is 1. The highest BCUT2D eigenvalue weighted by molar-refractivity contribution is 8.03. The molecule has 0 bridgehead atoms. The smallest absolute Gasteiger partial charge is 0.0719 e. The predicted molar refractivity (Wildman–Crippen MR) is 115 cm³/mol. The van der Waals surface area contributed by atoms with E-state index >= 15 is 0 Å². The molecule has 1 fully saturated rings. The van der Waals surface area contributed by atoms with E-state index in [-0.39, 0.29) is 0 Å². The SMILES string of the molecule is C#C.C/C=C/C.C=CN1C=C(N2CCN(C)CC2)/C(=C/C)CSC1=C. The third-order valence-electron chi connectivity index (χ3n) is 4.00. The van der Waals surface area contributed by atoms with Crippen LogP contribution in [0.15, 0.2) is 60.1 Å². The molecule has 0 unspecified atom stereocenters. The normalized spacial score (nSPS) is 20.2. The van der Waals surface area contributed by atoms with Gasteiger partial charge in [-0.15, -0.1) is 24.6 Å². The van der Waals surface area contributed by atoms with E-state index in [0.717, 1.165) is 37.0 Å². The molecule has 3 nitrogen and oxygen atoms in total. The fourth-order valence-electron chi connectivity index (χ4n) is 2.31. The molecule has 0 amide bonds. The molecule has 0 radical (unpaired) electrons. The van der Waals surface area contributed by atoms with Gasteiger partial charge in [0, 0.05) is 44.3 Å². The maximum absolute atomic E-state index is 4.11. The number of thioether (sulfide) groups is 1. The van der Waals surface area contributed by atoms with E-state index in [1.54, 1.807) is 11.8 Å². The van der Waals surface area contributed by atoms with Crippen molar-refractivity contribution in [3.8, 4) is 12.8 Å². The molecule has 4 heteroatoms. The topological polar surface area (TPSA) is 9.72 Å². The van der Waals surface area contributed by atoms with Crippen molar-refractivity contribution in [2.24, 2.45) is 0 Å². The number of hydrogen-bond donors (Lipinski definition) is 0. The number of nitrogens with zero attached hydrogens (tertiary/aromatic N) is 3. The molecular formula is C21H33N3S. The number of terminal acetylenes is 1. The van der Waals surface area contributed by atoms with E-state index in [0.29, 0.717) is 0 Å². The molecule has 0 aromatic heterocycles. The van der Waals surface area contributed by atoms with Crippen LogP contribution in [-0.2, 0) is 0 Å². The van der Waals surface area contributed by atoms with Crippen LogP contribution in [0, 0.1) is 12.8 Å². The first-order valence-electron chi connectivity index (χ1n) is 8.51. The van der Waals surface area contributed by atoms with E-state index in [9.17, 15) is 0 Å². The lowest BCUT2D eigenvalue weighted by molar-refractivity contribution is 0.187. The Morgan fingerprint density at radius 2 is 1.64 bits per heavy atom. The summed E-state index contributed by atoms with van der Waals surface area (Å²) in [6.45, 7) is 18.5. The van der Waals surface area contributed by atoms with Gasteiger partial charge in [-0.25, -0.2) is 0 Å². The summed E-state index contributed by atoms with van der Waals surface area (Å²) in [6.07, 6.45) is 18.2. The Labute approximate surface area is 159 Å². The van der Waals surface area contributed by atoms with Crippen LogP contribution >= 0.6 is 11.8 Å². The average molecular weight is 360 g/mol. The minimum absolute atomic E-state index is 0.984. The van der Waals surface area contributed by atoms with Gasteiger partial charge in [0.2, 0.25) is 0 Å². The highest BCUT2D eigenvalue weighted by Gasteiger charge is 2.22. The van der Waals surface area contributed by atoms with Gasteiger partial charge in [0.1, 0.15) is 0 Å². The van der Waals surface area contributed by atoms with Crippen LogP contribution in [0.3, 0.4) is 0 Å². The van der Waals surface area contributed by atoms with Gasteiger partial charge >= 0.3 is 0 Å². The lowest BCUT2D eigenvalue weighted by atomic mass is 10.1. The van der Waals surface area contributed by atoms with Crippen LogP contribution in [0.4, 0.5) is 0 Å². The molecule has 0 atom stereocenters. The first-order chi connectivity index (χ1) is 12.1. The van der Waals surface area contributed by atoms with Crippen LogP contribution in [0.25, 0.3) is 0 Å². The first kappa shape index (κ1) is 23.2. The van der Waals surface area contributed by atoms with Crippen molar-refractivity contribution in [3.63, 3.8) is 0 Å². The Balaban J connectivity index is 0.000000845. The van der Waals surface area contributed by atoms with Crippen molar-refractivity contribution in [1.29, 1.82) is 0 Å². The van der Waals surface area contributed by atoms with Gasteiger partial charge in [0.15, 0.2) is 0 Å². The number of hydrogen-bond acceptors (Lipinski definition) is 4. The standard InChI is InChI=1S/C15H23N3S.C4H8.C2H2/c1-5-14-12-19-13(3)17(6-2)11-15(14)18-9-7-16(4)8-10-18;1-3-4-2;1-2/h5-6,11H,2-3,7-10,12H2,1,4H3;3-4H,1-2H3;1-2H/b14-5+;4-3+;. The summed E-state index contributed by atoms with van der Waals surface area (Å²) in [7, 11) is 2.18. The van der Waals surface area contributed by atoms with Gasteiger partial charge in [0.25, 0.3) is 0 Å². The van der Waals surface area contributed by atoms with Crippen LogP contribution in [0.1, 0.15) is 20.8 Å². The van der Waals surface area contributed by atoms with Crippen LogP contribution in [0.5, 0.6) is 0 Å². The van der Waals surface area contributed by atoms with Gasteiger partial charge in [-0.1, -0.05) is 31.4 Å². The quantitative estimate of drug-likeness (QED) is 0.529. The fourth-order valence-corrected chi connectivity index (χ4v) is 3.23. The van der Waals surface area contributed by atoms with E-state index in [1.807, 2.05) is 37.1 Å². The zero-order valence-electron chi connectivity index (χ0n) is 16.2. The summed E-state index contributed by atoms with van der Waals surface area (Å²) in [5.74, 6) is 0.984. The molecular weight excluding hydrogens is 326 g/mol. The Kier molecular flexibility index (Phi) is 12.5. The molecule has 1 saturated heterocycles. The predicted octanol–water partition coefficient (Wildman–Crippen LogP) is 4.52. The molecule has 2 heterocycles. The fraction of sp³-hybridized carbons (Fsp3) is 0.429. The Morgan fingerprint density at radius 3 is 2.08 bits per heavy atom. The van der Waals surface area contributed by atoms with E-state index in [2.05, 4.69) is 62.1 Å². The Bertz CT molecular complexity index is 517. The summed E-state index contributed by atoms with van der Waals surface area (Å²) < 4.78 is 0. The van der Waals surface area contributed by atoms with Crippen LogP contribution < -0.4 is 0 Å². The minimum atomic E-state index is 0.984. The minimum Gasteiger partial charge on any atom is -0.368 e. The number of allylic oxidation sites excluding steroid dienone is 4. The molecule has 2 aliphatic heterocycles. The summed E-state index contributed by atoms with van der Waals surface area (Å²) in [5, 5.41) is 1.04. The molecule has 0 N–H and O–H groups in total. The zero-order valence-corrected chi connectivity index (χ0v) is 17.1. The van der Waals surface area contributed by atoms with Gasteiger partial charge in [-0.3, -0.25) is 0 Å². The van der Waals surface area contributed by atoms with Gasteiger partial charge in [-0.05, 0) is 33.4 Å². The van der Waals surface area contributed by atoms with Crippen molar-refractivity contribution < 1.29 is 0 Å². The molecule has 0 saturated carbocycles. The van der Waals surface area contributed by atoms with E-state index in [4.69, 9.17) is 0 Å². The molecule has 0 aromatic rings. The summed E-state index contributed by atoms with van der Waals surface area (Å²) in [4.78, 5) is 6.89. The summed E-state index contributed by atoms with van der Waals surface area (Å²) in [6, 6.07) is 0. The van der Waals surface area contributed by atoms with Gasteiger partial charge < -0.3 is 14.7 Å². The lowest BCUT2D eigenvalue weighted by Crippen LogP contribution is -2.44. The molecule has 2 aliphatic rings. The van der Waals surface area contributed by atoms with Crippen molar-refractivity contribution in [2.45, 2.75) is 20.8 Å². The third-order valence-corrected chi connectivity index (χ3v) is 4.99. The first-order valence-corrected chi connectivity index (χ1v) is 9.50. The van der Waals surface area contributed by atoms with E-state index in [1.165, 1.54) is 11.3 Å². The summed E-state index contributed by atoms with van der Waals surface area (Å²) >= 11 is 1.78. The van der Waals surface area contributed by atoms with Crippen LogP contribution in [-0.4, -0.2) is 53.7 Å². The molecule has 138 valence electrons. The number of likely N-dealkylation sites (N-methyl/N-ethyl adjacent to an activating group) is 1. The second-order valence-electron chi connectivity index (χ2n) is 5.56. The van der Waals surface area contributed by atoms with Gasteiger partial charge in [-0.2, -0.15) is 0 Å². The monoisotopic (exact) mass is 359 g/mol. The highest BCUT2D eigenvalue weighted by Crippen LogP contribution is 2.31. The molecule has 2 rings (SSSR count). The van der Waals surface area contributed by atoms with Gasteiger partial charge in [0.05, 0.1) is 10.7 Å². The summed E-state index contributed by atoms with van der Waals surface area (Å²) in [5.41, 5.74) is 2.71. The molecule has 0 spiro atoms. The maximum atomic E-state index is 4.11. The van der Waals surface area contributed by atoms with Crippen molar-refractivity contribution in [1.82, 2.24) is 14.7 Å². The lowest BCUT2D eigenvalue weighted by Gasteiger charge is -2.36.